The van der Waals surface area contributed by atoms with Gasteiger partial charge in [-0.15, -0.1) is 0 Å². The van der Waals surface area contributed by atoms with Gasteiger partial charge in [0.25, 0.3) is 0 Å². The van der Waals surface area contributed by atoms with Gasteiger partial charge in [0.15, 0.2) is 11.6 Å². The summed E-state index contributed by atoms with van der Waals surface area (Å²) in [4.78, 5) is 22.4. The fourth-order valence-corrected chi connectivity index (χ4v) is 15.3. The first-order valence-corrected chi connectivity index (χ1v) is 20.7. The molecule has 262 valence electrons. The van der Waals surface area contributed by atoms with Gasteiger partial charge < -0.3 is 0 Å². The third-order valence-electron chi connectivity index (χ3n) is 17.1. The number of piperidine rings is 2. The van der Waals surface area contributed by atoms with Crippen molar-refractivity contribution in [3.8, 4) is 22.8 Å². The Hall–Kier alpha value is -2.63. The second-order valence-corrected chi connectivity index (χ2v) is 19.4. The number of benzene rings is 2. The largest absolute Gasteiger partial charge is 0.291 e. The first-order chi connectivity index (χ1) is 24.3. The van der Waals surface area contributed by atoms with Crippen molar-refractivity contribution in [3.05, 3.63) is 66.5 Å². The fraction of sp³-hybridized carbons (Fsp3) is 0.667. The second kappa shape index (κ2) is 10.9. The van der Waals surface area contributed by atoms with E-state index in [2.05, 4.69) is 98.2 Å². The Balaban J connectivity index is 0.992. The van der Waals surface area contributed by atoms with Gasteiger partial charge in [-0.3, -0.25) is 9.80 Å². The summed E-state index contributed by atoms with van der Waals surface area (Å²) in [5.74, 6) is 8.13. The van der Waals surface area contributed by atoms with Crippen molar-refractivity contribution >= 4 is 0 Å². The highest BCUT2D eigenvalue weighted by atomic mass is 15.4. The minimum absolute atomic E-state index is 0.402. The van der Waals surface area contributed by atoms with Crippen molar-refractivity contribution < 1.29 is 0 Å². The third-order valence-corrected chi connectivity index (χ3v) is 17.1. The molecule has 8 aliphatic rings. The molecule has 4 saturated carbocycles. The van der Waals surface area contributed by atoms with Gasteiger partial charge in [0.05, 0.1) is 0 Å². The van der Waals surface area contributed by atoms with Crippen LogP contribution >= 0.6 is 0 Å². The van der Waals surface area contributed by atoms with Crippen LogP contribution in [0.2, 0.25) is 0 Å². The Labute approximate surface area is 300 Å². The minimum atomic E-state index is 0.402. The molecule has 0 amide bonds. The molecule has 4 saturated heterocycles. The molecule has 2 aromatic carbocycles. The van der Waals surface area contributed by atoms with Crippen molar-refractivity contribution in [1.29, 1.82) is 0 Å². The van der Waals surface area contributed by atoms with Crippen molar-refractivity contribution in [1.82, 2.24) is 24.8 Å². The summed E-state index contributed by atoms with van der Waals surface area (Å²) in [6.45, 7) is 11.0. The van der Waals surface area contributed by atoms with Crippen LogP contribution in [-0.2, 0) is 0 Å². The molecule has 1 aromatic heterocycles. The van der Waals surface area contributed by atoms with Gasteiger partial charge in [-0.25, -0.2) is 15.0 Å². The molecular weight excluding hydrogens is 611 g/mol. The molecule has 0 radical (unpaired) electrons. The molecule has 50 heavy (non-hydrogen) atoms. The third kappa shape index (κ3) is 4.11. The van der Waals surface area contributed by atoms with Gasteiger partial charge in [-0.1, -0.05) is 101 Å². The number of nitrogens with zero attached hydrogens (tertiary/aromatic N) is 5. The lowest BCUT2D eigenvalue weighted by atomic mass is 9.43. The van der Waals surface area contributed by atoms with Crippen LogP contribution in [0.4, 0.5) is 0 Å². The number of aromatic nitrogens is 3. The van der Waals surface area contributed by atoms with Gasteiger partial charge in [0.2, 0.25) is 0 Å². The molecule has 8 fully saturated rings. The number of piperazine rings is 1. The van der Waals surface area contributed by atoms with Crippen LogP contribution in [0.25, 0.3) is 22.8 Å². The summed E-state index contributed by atoms with van der Waals surface area (Å²) in [7, 11) is 0. The van der Waals surface area contributed by atoms with Crippen LogP contribution in [0.3, 0.4) is 0 Å². The van der Waals surface area contributed by atoms with E-state index in [1.54, 1.807) is 0 Å². The number of hydrogen-bond acceptors (Lipinski definition) is 5. The maximum absolute atomic E-state index is 5.30. The van der Waals surface area contributed by atoms with Crippen LogP contribution in [0.1, 0.15) is 110 Å². The maximum atomic E-state index is 5.30. The van der Waals surface area contributed by atoms with Crippen molar-refractivity contribution in [2.24, 2.45) is 46.3 Å². The molecule has 5 heterocycles. The van der Waals surface area contributed by atoms with Gasteiger partial charge in [-0.05, 0) is 104 Å². The second-order valence-electron chi connectivity index (χ2n) is 19.4. The smallest absolute Gasteiger partial charge is 0.163 e. The van der Waals surface area contributed by atoms with E-state index in [1.165, 1.54) is 70.6 Å². The predicted octanol–water partition coefficient (Wildman–Crippen LogP) is 9.25. The average Bonchev–Trinajstić information content (AvgIpc) is 3.49. The summed E-state index contributed by atoms with van der Waals surface area (Å²) in [5.41, 5.74) is 3.07. The van der Waals surface area contributed by atoms with Crippen LogP contribution in [0.5, 0.6) is 0 Å². The summed E-state index contributed by atoms with van der Waals surface area (Å²) in [6, 6.07) is 25.8. The molecule has 0 spiro atoms. The van der Waals surface area contributed by atoms with Gasteiger partial charge in [-0.2, -0.15) is 0 Å². The Morgan fingerprint density at radius 3 is 1.72 bits per heavy atom. The highest BCUT2D eigenvalue weighted by molar-refractivity contribution is 5.61. The molecule has 5 nitrogen and oxygen atoms in total. The lowest BCUT2D eigenvalue weighted by molar-refractivity contribution is -0.274. The van der Waals surface area contributed by atoms with E-state index in [-0.39, 0.29) is 0 Å². The quantitative estimate of drug-likeness (QED) is 0.279. The molecule has 0 N–H and O–H groups in total. The Morgan fingerprint density at radius 1 is 0.500 bits per heavy atom. The highest BCUT2D eigenvalue weighted by Crippen LogP contribution is 2.70. The molecule has 4 aliphatic carbocycles. The lowest BCUT2D eigenvalue weighted by Crippen LogP contribution is -2.84. The summed E-state index contributed by atoms with van der Waals surface area (Å²) in [6.07, 6.45) is 15.4. The average molecular weight is 668 g/mol. The van der Waals surface area contributed by atoms with E-state index in [1.807, 2.05) is 0 Å². The minimum Gasteiger partial charge on any atom is -0.291 e. The molecule has 13 unspecified atom stereocenters. The number of rotatable bonds is 3. The molecule has 4 aliphatic heterocycles. The highest BCUT2D eigenvalue weighted by Gasteiger charge is 2.73. The van der Waals surface area contributed by atoms with E-state index >= 15 is 0 Å². The van der Waals surface area contributed by atoms with Gasteiger partial charge >= 0.3 is 0 Å². The van der Waals surface area contributed by atoms with Gasteiger partial charge in [0.1, 0.15) is 5.82 Å². The number of fused-ring (bicyclic) bond motifs is 4. The molecule has 3 aromatic rings. The SMILES string of the molecule is CC1(C)C2CCCC3C2N2C4C5C(CCC4C(C)(C)C4CCCC1C42)C1CC(c2nc(-c4ccccc4)nc(-c4ccccc4)n2)CCC1N35. The van der Waals surface area contributed by atoms with Crippen molar-refractivity contribution in [2.75, 3.05) is 0 Å². The first kappa shape index (κ1) is 30.9. The van der Waals surface area contributed by atoms with Crippen LogP contribution in [0.15, 0.2) is 60.7 Å². The Kier molecular flexibility index (Phi) is 6.78. The predicted molar refractivity (Wildman–Crippen MR) is 199 cm³/mol. The molecule has 0 bridgehead atoms. The van der Waals surface area contributed by atoms with Crippen molar-refractivity contribution in [2.45, 2.75) is 140 Å². The van der Waals surface area contributed by atoms with Crippen LogP contribution in [-0.4, -0.2) is 61.0 Å². The normalized spacial score (nSPS) is 43.5. The Morgan fingerprint density at radius 2 is 1.08 bits per heavy atom. The first-order valence-electron chi connectivity index (χ1n) is 20.7. The molecule has 11 rings (SSSR count). The zero-order valence-corrected chi connectivity index (χ0v) is 30.8. The lowest BCUT2D eigenvalue weighted by Gasteiger charge is -2.76. The zero-order chi connectivity index (χ0) is 33.5. The number of hydrogen-bond donors (Lipinski definition) is 0. The van der Waals surface area contributed by atoms with Crippen LogP contribution in [0, 0.1) is 46.3 Å². The molecule has 5 heteroatoms. The summed E-state index contributed by atoms with van der Waals surface area (Å²) < 4.78 is 0. The van der Waals surface area contributed by atoms with Crippen LogP contribution < -0.4 is 0 Å². The fourth-order valence-electron chi connectivity index (χ4n) is 15.3. The summed E-state index contributed by atoms with van der Waals surface area (Å²) in [5, 5.41) is 0. The van der Waals surface area contributed by atoms with E-state index < -0.39 is 0 Å². The van der Waals surface area contributed by atoms with Crippen molar-refractivity contribution in [3.63, 3.8) is 0 Å². The topological polar surface area (TPSA) is 45.2 Å². The zero-order valence-electron chi connectivity index (χ0n) is 30.8. The Bertz CT molecular complexity index is 1710. The maximum Gasteiger partial charge on any atom is 0.163 e. The van der Waals surface area contributed by atoms with E-state index in [4.69, 9.17) is 15.0 Å². The monoisotopic (exact) mass is 667 g/mol. The van der Waals surface area contributed by atoms with E-state index in [0.29, 0.717) is 16.7 Å². The summed E-state index contributed by atoms with van der Waals surface area (Å²) >= 11 is 0. The molecular formula is C45H57N5. The van der Waals surface area contributed by atoms with Gasteiger partial charge in [0, 0.05) is 53.3 Å². The van der Waals surface area contributed by atoms with E-state index in [9.17, 15) is 0 Å². The molecule has 13 atom stereocenters. The standard InChI is InChI=1S/C45H57N5/c1-44(2)31-17-11-18-32-38(31)50-39-33(44)19-12-20-36(39)49-35-24-21-28(25-30(35)29-22-23-34(45(32,3)4)40(50)37(29)49)43-47-41(26-13-7-5-8-14-26)46-42(48-43)27-15-9-6-10-16-27/h5-10,13-16,28-40H,11-12,17-25H2,1-4H3. The van der Waals surface area contributed by atoms with E-state index in [0.717, 1.165) is 100 Å².